The molecule has 0 aromatic rings. The first-order valence-corrected chi connectivity index (χ1v) is 2.21. The van der Waals surface area contributed by atoms with Crippen LogP contribution >= 0.6 is 0 Å². The van der Waals surface area contributed by atoms with E-state index in [1.165, 1.54) is 0 Å². The smallest absolute Gasteiger partial charge is 0.129 e. The Morgan fingerprint density at radius 3 is 2.14 bits per heavy atom. The lowest BCUT2D eigenvalue weighted by Gasteiger charge is -1.95. The molecule has 1 heterocycles. The molecule has 0 bridgehead atoms. The van der Waals surface area contributed by atoms with Crippen LogP contribution in [0.5, 0.6) is 0 Å². The molecule has 0 aromatic heterocycles. The van der Waals surface area contributed by atoms with Gasteiger partial charge in [-0.3, -0.25) is 9.68 Å². The molecule has 2 atom stereocenters. The number of nitrogens with two attached hydrogens (primary N) is 1. The molecule has 1 saturated carbocycles. The summed E-state index contributed by atoms with van der Waals surface area (Å²) >= 11 is 0. The van der Waals surface area contributed by atoms with E-state index in [0.717, 1.165) is 0 Å². The molecule has 1 aliphatic carbocycles. The molecule has 1 saturated heterocycles. The van der Waals surface area contributed by atoms with Crippen LogP contribution in [-0.2, 0) is 9.68 Å². The third-order valence-corrected chi connectivity index (χ3v) is 1.31. The van der Waals surface area contributed by atoms with Crippen molar-refractivity contribution in [2.75, 3.05) is 0 Å². The lowest BCUT2D eigenvalue weighted by molar-refractivity contribution is -0.118. The Bertz CT molecular complexity index is 86.9. The van der Waals surface area contributed by atoms with Crippen molar-refractivity contribution in [3.8, 4) is 0 Å². The van der Waals surface area contributed by atoms with Gasteiger partial charge in [-0.1, -0.05) is 5.64 Å². The minimum atomic E-state index is 0.112. The van der Waals surface area contributed by atoms with Crippen molar-refractivity contribution in [2.24, 2.45) is 5.73 Å². The maximum absolute atomic E-state index is 5.38. The molecule has 0 amide bonds. The lowest BCUT2D eigenvalue weighted by Crippen LogP contribution is -2.20. The van der Waals surface area contributed by atoms with E-state index in [4.69, 9.17) is 15.4 Å². The summed E-state index contributed by atoms with van der Waals surface area (Å²) in [5, 5.41) is 0. The van der Waals surface area contributed by atoms with Gasteiger partial charge in [0.2, 0.25) is 0 Å². The van der Waals surface area contributed by atoms with Crippen LogP contribution in [0.15, 0.2) is 0 Å². The van der Waals surface area contributed by atoms with Gasteiger partial charge in [0.05, 0.1) is 6.04 Å². The molecule has 1 aliphatic heterocycles. The highest BCUT2D eigenvalue weighted by molar-refractivity contribution is 5.06. The number of hydrogen-bond acceptors (Lipinski definition) is 4. The van der Waals surface area contributed by atoms with Gasteiger partial charge < -0.3 is 5.73 Å². The van der Waals surface area contributed by atoms with E-state index in [1.54, 1.807) is 0 Å². The highest BCUT2D eigenvalue weighted by atomic mass is 17.0. The van der Waals surface area contributed by atoms with Gasteiger partial charge in [0.25, 0.3) is 0 Å². The fourth-order valence-corrected chi connectivity index (χ4v) is 0.708. The standard InChI is InChI=1S/C3H6N2O2/c4-1-2-3(1)7-5-6-2/h1-3,5H,4H2. The summed E-state index contributed by atoms with van der Waals surface area (Å²) in [5.41, 5.74) is 7.65. The first-order valence-electron chi connectivity index (χ1n) is 2.21. The summed E-state index contributed by atoms with van der Waals surface area (Å²) in [5.74, 6) is 0. The van der Waals surface area contributed by atoms with Gasteiger partial charge in [0.1, 0.15) is 12.2 Å². The molecular weight excluding hydrogens is 96.0 g/mol. The fraction of sp³-hybridized carbons (Fsp3) is 1.00. The van der Waals surface area contributed by atoms with E-state index in [0.29, 0.717) is 0 Å². The Kier molecular flexibility index (Phi) is 0.529. The maximum atomic E-state index is 5.38. The molecular formula is C3H6N2O2. The monoisotopic (exact) mass is 102 g/mol. The van der Waals surface area contributed by atoms with Gasteiger partial charge in [-0.25, -0.2) is 0 Å². The van der Waals surface area contributed by atoms with Crippen molar-refractivity contribution in [2.45, 2.75) is 18.2 Å². The Labute approximate surface area is 40.5 Å². The predicted molar refractivity (Wildman–Crippen MR) is 20.9 cm³/mol. The molecule has 2 rings (SSSR count). The third kappa shape index (κ3) is 0.343. The second kappa shape index (κ2) is 0.976. The zero-order valence-corrected chi connectivity index (χ0v) is 3.63. The summed E-state index contributed by atoms with van der Waals surface area (Å²) in [6.07, 6.45) is 0.250. The third-order valence-electron chi connectivity index (χ3n) is 1.31. The predicted octanol–water partition coefficient (Wildman–Crippen LogP) is -1.47. The molecule has 2 aliphatic rings. The average molecular weight is 102 g/mol. The fourth-order valence-electron chi connectivity index (χ4n) is 0.708. The summed E-state index contributed by atoms with van der Waals surface area (Å²) < 4.78 is 0. The first kappa shape index (κ1) is 3.80. The Morgan fingerprint density at radius 2 is 1.86 bits per heavy atom. The molecule has 2 unspecified atom stereocenters. The summed E-state index contributed by atoms with van der Waals surface area (Å²) in [6.45, 7) is 0. The van der Waals surface area contributed by atoms with E-state index in [1.807, 2.05) is 0 Å². The van der Waals surface area contributed by atoms with Crippen LogP contribution in [0, 0.1) is 0 Å². The quantitative estimate of drug-likeness (QED) is 0.392. The van der Waals surface area contributed by atoms with Gasteiger partial charge in [0.15, 0.2) is 0 Å². The van der Waals surface area contributed by atoms with Crippen molar-refractivity contribution in [1.82, 2.24) is 5.64 Å². The summed E-state index contributed by atoms with van der Waals surface area (Å²) in [4.78, 5) is 9.48. The zero-order chi connectivity index (χ0) is 4.85. The zero-order valence-electron chi connectivity index (χ0n) is 3.63. The van der Waals surface area contributed by atoms with Gasteiger partial charge in [-0.15, -0.1) is 0 Å². The number of nitrogens with one attached hydrogen (secondary N) is 1. The molecule has 2 fully saturated rings. The van der Waals surface area contributed by atoms with Gasteiger partial charge in [0, 0.05) is 0 Å². The first-order chi connectivity index (χ1) is 3.39. The topological polar surface area (TPSA) is 56.5 Å². The van der Waals surface area contributed by atoms with Crippen molar-refractivity contribution < 1.29 is 9.68 Å². The van der Waals surface area contributed by atoms with Gasteiger partial charge in [-0.2, -0.15) is 0 Å². The molecule has 4 nitrogen and oxygen atoms in total. The van der Waals surface area contributed by atoms with E-state index >= 15 is 0 Å². The number of rotatable bonds is 0. The largest absolute Gasteiger partial charge is 0.323 e. The van der Waals surface area contributed by atoms with E-state index < -0.39 is 0 Å². The normalized spacial score (nSPS) is 57.0. The van der Waals surface area contributed by atoms with Gasteiger partial charge in [-0.05, 0) is 0 Å². The van der Waals surface area contributed by atoms with Crippen LogP contribution in [0.3, 0.4) is 0 Å². The second-order valence-corrected chi connectivity index (χ2v) is 1.83. The number of hydrogen-bond donors (Lipinski definition) is 2. The average Bonchev–Trinajstić information content (AvgIpc) is 2.26. The second-order valence-electron chi connectivity index (χ2n) is 1.83. The van der Waals surface area contributed by atoms with Gasteiger partial charge >= 0.3 is 0 Å². The summed E-state index contributed by atoms with van der Waals surface area (Å²) in [6, 6.07) is 0.112. The minimum absolute atomic E-state index is 0.112. The molecule has 0 radical (unpaired) electrons. The number of fused-ring (bicyclic) bond motifs is 1. The van der Waals surface area contributed by atoms with Crippen molar-refractivity contribution >= 4 is 0 Å². The van der Waals surface area contributed by atoms with Crippen LogP contribution in [-0.4, -0.2) is 18.2 Å². The van der Waals surface area contributed by atoms with Crippen LogP contribution in [0.4, 0.5) is 0 Å². The molecule has 3 N–H and O–H groups in total. The highest BCUT2D eigenvalue weighted by Gasteiger charge is 2.55. The SMILES string of the molecule is NC1C2ONOC12. The lowest BCUT2D eigenvalue weighted by atomic mass is 10.7. The molecule has 40 valence electrons. The van der Waals surface area contributed by atoms with Crippen molar-refractivity contribution in [3.05, 3.63) is 0 Å². The van der Waals surface area contributed by atoms with E-state index in [9.17, 15) is 0 Å². The van der Waals surface area contributed by atoms with E-state index in [2.05, 4.69) is 5.64 Å². The van der Waals surface area contributed by atoms with Crippen LogP contribution < -0.4 is 11.4 Å². The molecule has 4 heteroatoms. The Hall–Kier alpha value is -0.160. The molecule has 0 aromatic carbocycles. The van der Waals surface area contributed by atoms with E-state index in [-0.39, 0.29) is 18.2 Å². The van der Waals surface area contributed by atoms with Crippen LogP contribution in [0.2, 0.25) is 0 Å². The highest BCUT2D eigenvalue weighted by Crippen LogP contribution is 2.30. The summed E-state index contributed by atoms with van der Waals surface area (Å²) in [7, 11) is 0. The maximum Gasteiger partial charge on any atom is 0.129 e. The van der Waals surface area contributed by atoms with Crippen molar-refractivity contribution in [1.29, 1.82) is 0 Å². The van der Waals surface area contributed by atoms with Crippen molar-refractivity contribution in [3.63, 3.8) is 0 Å². The van der Waals surface area contributed by atoms with Crippen LogP contribution in [0.25, 0.3) is 0 Å². The Morgan fingerprint density at radius 1 is 1.29 bits per heavy atom. The molecule has 7 heavy (non-hydrogen) atoms. The minimum Gasteiger partial charge on any atom is -0.323 e. The molecule has 0 spiro atoms. The Balaban J connectivity index is 2.06. The van der Waals surface area contributed by atoms with Crippen LogP contribution in [0.1, 0.15) is 0 Å².